The summed E-state index contributed by atoms with van der Waals surface area (Å²) in [6.45, 7) is 3.72. The molecule has 0 amide bonds. The van der Waals surface area contributed by atoms with Crippen LogP contribution in [0.15, 0.2) is 60.3 Å². The van der Waals surface area contributed by atoms with Gasteiger partial charge in [0.15, 0.2) is 0 Å². The number of ether oxygens (including phenoxy) is 2. The zero-order valence-corrected chi connectivity index (χ0v) is 16.8. The second kappa shape index (κ2) is 8.29. The van der Waals surface area contributed by atoms with Gasteiger partial charge in [-0.3, -0.25) is 0 Å². The number of aromatic amines is 2. The zero-order chi connectivity index (χ0) is 21.1. The molecule has 0 bridgehead atoms. The van der Waals surface area contributed by atoms with Crippen LogP contribution in [-0.2, 0) is 19.1 Å². The fourth-order valence-corrected chi connectivity index (χ4v) is 3.60. The molecule has 4 aromatic rings. The first kappa shape index (κ1) is 19.5. The lowest BCUT2D eigenvalue weighted by Gasteiger charge is -2.07. The van der Waals surface area contributed by atoms with Crippen molar-refractivity contribution in [3.63, 3.8) is 0 Å². The van der Waals surface area contributed by atoms with E-state index in [1.54, 1.807) is 13.8 Å². The van der Waals surface area contributed by atoms with Crippen LogP contribution in [0.5, 0.6) is 0 Å². The second-order valence-corrected chi connectivity index (χ2v) is 6.71. The lowest BCUT2D eigenvalue weighted by Crippen LogP contribution is -2.18. The molecule has 0 radical (unpaired) electrons. The Balaban J connectivity index is 1.96. The molecule has 0 aliphatic rings. The van der Waals surface area contributed by atoms with Gasteiger partial charge in [0, 0.05) is 44.8 Å². The average molecular weight is 402 g/mol. The van der Waals surface area contributed by atoms with Crippen LogP contribution < -0.4 is 0 Å². The van der Waals surface area contributed by atoms with E-state index in [9.17, 15) is 9.59 Å². The fourth-order valence-electron chi connectivity index (χ4n) is 3.60. The van der Waals surface area contributed by atoms with Crippen LogP contribution in [0.3, 0.4) is 0 Å². The van der Waals surface area contributed by atoms with Crippen LogP contribution in [0.25, 0.3) is 39.0 Å². The Labute approximate surface area is 173 Å². The highest BCUT2D eigenvalue weighted by atomic mass is 16.6. The summed E-state index contributed by atoms with van der Waals surface area (Å²) in [5.74, 6) is -1.42. The molecule has 0 aliphatic heterocycles. The van der Waals surface area contributed by atoms with Crippen LogP contribution in [0, 0.1) is 0 Å². The van der Waals surface area contributed by atoms with E-state index in [0.717, 1.165) is 32.9 Å². The predicted octanol–water partition coefficient (Wildman–Crippen LogP) is 4.83. The summed E-state index contributed by atoms with van der Waals surface area (Å²) in [6.07, 6.45) is 3.46. The van der Waals surface area contributed by atoms with Crippen LogP contribution in [-0.4, -0.2) is 35.1 Å². The van der Waals surface area contributed by atoms with Crippen molar-refractivity contribution in [1.82, 2.24) is 9.97 Å². The second-order valence-electron chi connectivity index (χ2n) is 6.71. The Morgan fingerprint density at radius 3 is 2.13 bits per heavy atom. The van der Waals surface area contributed by atoms with Crippen molar-refractivity contribution in [1.29, 1.82) is 0 Å². The highest BCUT2D eigenvalue weighted by molar-refractivity contribution is 6.19. The molecule has 2 aromatic heterocycles. The third-order valence-corrected chi connectivity index (χ3v) is 4.87. The maximum Gasteiger partial charge on any atom is 0.345 e. The summed E-state index contributed by atoms with van der Waals surface area (Å²) in [6, 6.07) is 15.8. The first-order chi connectivity index (χ1) is 14.6. The minimum absolute atomic E-state index is 0.147. The monoisotopic (exact) mass is 402 g/mol. The van der Waals surface area contributed by atoms with Gasteiger partial charge in [-0.1, -0.05) is 36.4 Å². The molecule has 0 atom stereocenters. The molecule has 0 fully saturated rings. The topological polar surface area (TPSA) is 84.2 Å². The SMILES string of the molecule is CCOC(=O)C(=Cc1[nH]c2ccccc2c1-c1c[nH]c2ccccc12)C(=O)OCC. The lowest BCUT2D eigenvalue weighted by atomic mass is 10.00. The third kappa shape index (κ3) is 3.48. The maximum absolute atomic E-state index is 12.5. The van der Waals surface area contributed by atoms with Gasteiger partial charge in [0.25, 0.3) is 0 Å². The fraction of sp³-hybridized carbons (Fsp3) is 0.167. The molecule has 6 heteroatoms. The van der Waals surface area contributed by atoms with Gasteiger partial charge >= 0.3 is 11.9 Å². The Morgan fingerprint density at radius 2 is 1.47 bits per heavy atom. The van der Waals surface area contributed by atoms with Crippen molar-refractivity contribution in [2.75, 3.05) is 13.2 Å². The Hall–Kier alpha value is -3.80. The molecule has 0 spiro atoms. The Kier molecular flexibility index (Phi) is 5.39. The number of para-hydroxylation sites is 2. The number of esters is 2. The molecule has 2 aromatic carbocycles. The molecule has 6 nitrogen and oxygen atoms in total. The van der Waals surface area contributed by atoms with E-state index in [0.29, 0.717) is 5.69 Å². The van der Waals surface area contributed by atoms with Gasteiger partial charge in [0.1, 0.15) is 5.57 Å². The summed E-state index contributed by atoms with van der Waals surface area (Å²) in [4.78, 5) is 31.6. The summed E-state index contributed by atoms with van der Waals surface area (Å²) in [5, 5.41) is 2.03. The zero-order valence-electron chi connectivity index (χ0n) is 16.8. The normalized spacial score (nSPS) is 10.9. The molecule has 30 heavy (non-hydrogen) atoms. The van der Waals surface area contributed by atoms with E-state index in [4.69, 9.17) is 9.47 Å². The minimum Gasteiger partial charge on any atom is -0.462 e. The Bertz CT molecular complexity index is 1240. The lowest BCUT2D eigenvalue weighted by molar-refractivity contribution is -0.146. The number of hydrogen-bond donors (Lipinski definition) is 2. The average Bonchev–Trinajstić information content (AvgIpc) is 3.32. The summed E-state index contributed by atoms with van der Waals surface area (Å²) in [5.41, 5.74) is 4.26. The highest BCUT2D eigenvalue weighted by Gasteiger charge is 2.23. The maximum atomic E-state index is 12.5. The number of aromatic nitrogens is 2. The summed E-state index contributed by atoms with van der Waals surface area (Å²) >= 11 is 0. The van der Waals surface area contributed by atoms with E-state index in [1.165, 1.54) is 6.08 Å². The van der Waals surface area contributed by atoms with E-state index in [-0.39, 0.29) is 18.8 Å². The summed E-state index contributed by atoms with van der Waals surface area (Å²) < 4.78 is 10.2. The number of H-pyrrole nitrogens is 2. The van der Waals surface area contributed by atoms with Gasteiger partial charge in [0.05, 0.1) is 13.2 Å². The number of carbonyl (C=O) groups is 2. The number of rotatable bonds is 6. The number of carbonyl (C=O) groups excluding carboxylic acids is 2. The summed E-state index contributed by atoms with van der Waals surface area (Å²) in [7, 11) is 0. The first-order valence-electron chi connectivity index (χ1n) is 9.87. The van der Waals surface area contributed by atoms with Gasteiger partial charge in [-0.25, -0.2) is 9.59 Å². The molecular formula is C24H22N2O4. The van der Waals surface area contributed by atoms with Crippen LogP contribution in [0.2, 0.25) is 0 Å². The van der Waals surface area contributed by atoms with Crippen LogP contribution >= 0.6 is 0 Å². The number of hydrogen-bond acceptors (Lipinski definition) is 4. The first-order valence-corrected chi connectivity index (χ1v) is 9.87. The van der Waals surface area contributed by atoms with Crippen LogP contribution in [0.1, 0.15) is 19.5 Å². The molecule has 0 unspecified atom stereocenters. The van der Waals surface area contributed by atoms with E-state index >= 15 is 0 Å². The quantitative estimate of drug-likeness (QED) is 0.209. The molecule has 0 saturated heterocycles. The number of fused-ring (bicyclic) bond motifs is 2. The molecule has 2 heterocycles. The predicted molar refractivity (Wildman–Crippen MR) is 117 cm³/mol. The molecule has 2 N–H and O–H groups in total. The van der Waals surface area contributed by atoms with Crippen molar-refractivity contribution in [3.8, 4) is 11.1 Å². The molecule has 4 rings (SSSR count). The third-order valence-electron chi connectivity index (χ3n) is 4.87. The van der Waals surface area contributed by atoms with E-state index in [2.05, 4.69) is 9.97 Å². The van der Waals surface area contributed by atoms with Gasteiger partial charge in [-0.05, 0) is 32.1 Å². The molecule has 0 saturated carbocycles. The number of nitrogens with one attached hydrogen (secondary N) is 2. The molecular weight excluding hydrogens is 380 g/mol. The van der Waals surface area contributed by atoms with Gasteiger partial charge in [0.2, 0.25) is 0 Å². The largest absolute Gasteiger partial charge is 0.462 e. The molecule has 0 aliphatic carbocycles. The minimum atomic E-state index is -0.709. The van der Waals surface area contributed by atoms with E-state index in [1.807, 2.05) is 54.7 Å². The van der Waals surface area contributed by atoms with Crippen molar-refractivity contribution in [2.45, 2.75) is 13.8 Å². The smallest absolute Gasteiger partial charge is 0.345 e. The molecule has 152 valence electrons. The van der Waals surface area contributed by atoms with Crippen molar-refractivity contribution >= 4 is 39.8 Å². The van der Waals surface area contributed by atoms with Gasteiger partial charge in [-0.2, -0.15) is 0 Å². The van der Waals surface area contributed by atoms with Gasteiger partial charge < -0.3 is 19.4 Å². The highest BCUT2D eigenvalue weighted by Crippen LogP contribution is 2.37. The van der Waals surface area contributed by atoms with E-state index < -0.39 is 11.9 Å². The standard InChI is InChI=1S/C24H22N2O4/c1-3-29-23(27)17(24(28)30-4-2)13-21-22(16-10-6-8-12-20(16)26-21)18-14-25-19-11-7-5-9-15(18)19/h5-14,25-26H,3-4H2,1-2H3. The van der Waals surface area contributed by atoms with Crippen molar-refractivity contribution in [3.05, 3.63) is 66.0 Å². The van der Waals surface area contributed by atoms with Crippen molar-refractivity contribution < 1.29 is 19.1 Å². The Morgan fingerprint density at radius 1 is 0.867 bits per heavy atom. The van der Waals surface area contributed by atoms with Gasteiger partial charge in [-0.15, -0.1) is 0 Å². The number of benzene rings is 2. The van der Waals surface area contributed by atoms with Crippen LogP contribution in [0.4, 0.5) is 0 Å². The van der Waals surface area contributed by atoms with Crippen molar-refractivity contribution in [2.24, 2.45) is 0 Å².